The summed E-state index contributed by atoms with van der Waals surface area (Å²) in [5, 5.41) is 0. The van der Waals surface area contributed by atoms with Crippen LogP contribution in [-0.2, 0) is 11.3 Å². The van der Waals surface area contributed by atoms with Gasteiger partial charge >= 0.3 is 11.7 Å². The molecule has 0 radical (unpaired) electrons. The van der Waals surface area contributed by atoms with E-state index in [-0.39, 0.29) is 5.69 Å². The highest BCUT2D eigenvalue weighted by Crippen LogP contribution is 2.20. The van der Waals surface area contributed by atoms with Crippen LogP contribution in [0.4, 0.5) is 0 Å². The van der Waals surface area contributed by atoms with Crippen molar-refractivity contribution >= 4 is 21.9 Å². The van der Waals surface area contributed by atoms with Gasteiger partial charge in [0, 0.05) is 15.9 Å². The van der Waals surface area contributed by atoms with E-state index in [9.17, 15) is 9.59 Å². The fourth-order valence-electron chi connectivity index (χ4n) is 2.06. The molecular weight excluding hydrogens is 336 g/mol. The third kappa shape index (κ3) is 3.39. The van der Waals surface area contributed by atoms with E-state index in [0.717, 1.165) is 15.7 Å². The van der Waals surface area contributed by atoms with Crippen LogP contribution in [0.15, 0.2) is 33.5 Å². The smallest absolute Gasteiger partial charge is 0.348 e. The Labute approximate surface area is 130 Å². The largest absolute Gasteiger partial charge is 0.465 e. The quantitative estimate of drug-likeness (QED) is 0.797. The molecule has 0 aliphatic carbocycles. The lowest BCUT2D eigenvalue weighted by atomic mass is 10.1. The van der Waals surface area contributed by atoms with Gasteiger partial charge in [-0.2, -0.15) is 4.98 Å². The minimum atomic E-state index is -0.396. The van der Waals surface area contributed by atoms with Crippen molar-refractivity contribution in [2.45, 2.75) is 20.4 Å². The van der Waals surface area contributed by atoms with E-state index in [1.54, 1.807) is 29.7 Å². The maximum absolute atomic E-state index is 12.0. The normalized spacial score (nSPS) is 10.5. The Kier molecular flexibility index (Phi) is 4.57. The number of esters is 1. The van der Waals surface area contributed by atoms with Crippen LogP contribution in [0.3, 0.4) is 0 Å². The molecular formula is C15H15BrN2O3. The van der Waals surface area contributed by atoms with Crippen molar-refractivity contribution in [3.8, 4) is 0 Å². The molecule has 0 saturated carbocycles. The molecule has 0 aliphatic rings. The maximum Gasteiger partial charge on any atom is 0.348 e. The molecule has 5 nitrogen and oxygen atoms in total. The van der Waals surface area contributed by atoms with Crippen LogP contribution in [-0.4, -0.2) is 22.6 Å². The summed E-state index contributed by atoms with van der Waals surface area (Å²) < 4.78 is 7.01. The predicted octanol–water partition coefficient (Wildman–Crippen LogP) is 2.46. The second kappa shape index (κ2) is 6.22. The molecule has 0 amide bonds. The average molecular weight is 351 g/mol. The van der Waals surface area contributed by atoms with Crippen molar-refractivity contribution in [3.05, 3.63) is 61.7 Å². The van der Waals surface area contributed by atoms with Crippen molar-refractivity contribution in [2.24, 2.45) is 0 Å². The number of benzene rings is 1. The van der Waals surface area contributed by atoms with Gasteiger partial charge in [-0.3, -0.25) is 4.57 Å². The van der Waals surface area contributed by atoms with Crippen LogP contribution in [0.2, 0.25) is 0 Å². The molecule has 0 bridgehead atoms. The second-order valence-electron chi connectivity index (χ2n) is 4.71. The minimum Gasteiger partial charge on any atom is -0.465 e. The van der Waals surface area contributed by atoms with Crippen molar-refractivity contribution < 1.29 is 9.53 Å². The number of methoxy groups -OCH3 is 1. The summed E-state index contributed by atoms with van der Waals surface area (Å²) >= 11 is 3.42. The number of aromatic nitrogens is 2. The zero-order valence-corrected chi connectivity index (χ0v) is 13.6. The first-order chi connectivity index (χ1) is 9.92. The molecule has 0 spiro atoms. The van der Waals surface area contributed by atoms with Gasteiger partial charge in [0.25, 0.3) is 0 Å². The standard InChI is InChI=1S/C15H15BrN2O3/c1-9-6-10(2)18(15(20)17-9)8-12-5-4-11(7-13(12)16)14(19)21-3/h4-7H,8H2,1-3H3. The molecule has 1 aromatic heterocycles. The minimum absolute atomic E-state index is 0.281. The van der Waals surface area contributed by atoms with E-state index in [1.165, 1.54) is 7.11 Å². The molecule has 6 heteroatoms. The van der Waals surface area contributed by atoms with Crippen molar-refractivity contribution in [2.75, 3.05) is 7.11 Å². The highest BCUT2D eigenvalue weighted by Gasteiger charge is 2.10. The van der Waals surface area contributed by atoms with E-state index in [0.29, 0.717) is 17.8 Å². The zero-order valence-electron chi connectivity index (χ0n) is 12.0. The molecule has 1 heterocycles. The first-order valence-corrected chi connectivity index (χ1v) is 7.13. The molecule has 2 aromatic rings. The Morgan fingerprint density at radius 3 is 2.62 bits per heavy atom. The topological polar surface area (TPSA) is 61.2 Å². The molecule has 0 fully saturated rings. The molecule has 0 saturated heterocycles. The number of hydrogen-bond acceptors (Lipinski definition) is 4. The lowest BCUT2D eigenvalue weighted by Gasteiger charge is -2.11. The van der Waals surface area contributed by atoms with Gasteiger partial charge in [0.05, 0.1) is 19.2 Å². The third-order valence-electron chi connectivity index (χ3n) is 3.15. The van der Waals surface area contributed by atoms with E-state index < -0.39 is 5.97 Å². The monoisotopic (exact) mass is 350 g/mol. The Bertz CT molecular complexity index is 753. The highest BCUT2D eigenvalue weighted by atomic mass is 79.9. The molecule has 110 valence electrons. The number of ether oxygens (including phenoxy) is 1. The number of hydrogen-bond donors (Lipinski definition) is 0. The van der Waals surface area contributed by atoms with Gasteiger partial charge in [-0.05, 0) is 37.6 Å². The summed E-state index contributed by atoms with van der Waals surface area (Å²) in [7, 11) is 1.34. The van der Waals surface area contributed by atoms with Crippen molar-refractivity contribution in [1.82, 2.24) is 9.55 Å². The van der Waals surface area contributed by atoms with E-state index in [1.807, 2.05) is 13.0 Å². The van der Waals surface area contributed by atoms with Gasteiger partial charge in [0.1, 0.15) is 0 Å². The number of carbonyl (C=O) groups is 1. The highest BCUT2D eigenvalue weighted by molar-refractivity contribution is 9.10. The van der Waals surface area contributed by atoms with Crippen LogP contribution >= 0.6 is 15.9 Å². The van der Waals surface area contributed by atoms with E-state index >= 15 is 0 Å². The van der Waals surface area contributed by atoms with Crippen LogP contribution in [0.5, 0.6) is 0 Å². The van der Waals surface area contributed by atoms with Crippen molar-refractivity contribution in [1.29, 1.82) is 0 Å². The average Bonchev–Trinajstić information content (AvgIpc) is 2.43. The number of nitrogens with zero attached hydrogens (tertiary/aromatic N) is 2. The van der Waals surface area contributed by atoms with Crippen LogP contribution in [0.1, 0.15) is 27.3 Å². The molecule has 0 atom stereocenters. The van der Waals surface area contributed by atoms with E-state index in [2.05, 4.69) is 25.7 Å². The van der Waals surface area contributed by atoms with Gasteiger partial charge in [0.15, 0.2) is 0 Å². The number of aryl methyl sites for hydroxylation is 2. The molecule has 1 aromatic carbocycles. The van der Waals surface area contributed by atoms with Gasteiger partial charge in [0.2, 0.25) is 0 Å². The number of rotatable bonds is 3. The Balaban J connectivity index is 2.37. The van der Waals surface area contributed by atoms with Gasteiger partial charge in [-0.15, -0.1) is 0 Å². The summed E-state index contributed by atoms with van der Waals surface area (Å²) in [6, 6.07) is 7.01. The fraction of sp³-hybridized carbons (Fsp3) is 0.267. The SMILES string of the molecule is COC(=O)c1ccc(Cn2c(C)cc(C)nc2=O)c(Br)c1. The van der Waals surface area contributed by atoms with Gasteiger partial charge in [-0.25, -0.2) is 9.59 Å². The summed E-state index contributed by atoms with van der Waals surface area (Å²) in [4.78, 5) is 27.4. The molecule has 2 rings (SSSR count). The van der Waals surface area contributed by atoms with Crippen LogP contribution in [0.25, 0.3) is 0 Å². The van der Waals surface area contributed by atoms with Crippen LogP contribution in [0, 0.1) is 13.8 Å². The first-order valence-electron chi connectivity index (χ1n) is 6.34. The van der Waals surface area contributed by atoms with Gasteiger partial charge < -0.3 is 4.74 Å². The van der Waals surface area contributed by atoms with E-state index in [4.69, 9.17) is 0 Å². The lowest BCUT2D eigenvalue weighted by Crippen LogP contribution is -2.26. The van der Waals surface area contributed by atoms with Gasteiger partial charge in [-0.1, -0.05) is 22.0 Å². The zero-order chi connectivity index (χ0) is 15.6. The Hall–Kier alpha value is -1.95. The molecule has 0 aliphatic heterocycles. The summed E-state index contributed by atoms with van der Waals surface area (Å²) in [5.74, 6) is -0.396. The molecule has 0 unspecified atom stereocenters. The number of halogens is 1. The molecule has 0 N–H and O–H groups in total. The predicted molar refractivity (Wildman–Crippen MR) is 82.6 cm³/mol. The summed E-state index contributed by atoms with van der Waals surface area (Å²) in [5.41, 5.74) is 2.61. The number of carbonyl (C=O) groups excluding carboxylic acids is 1. The summed E-state index contributed by atoms with van der Waals surface area (Å²) in [6.45, 7) is 4.05. The first kappa shape index (κ1) is 15.4. The maximum atomic E-state index is 12.0. The Morgan fingerprint density at radius 2 is 2.05 bits per heavy atom. The van der Waals surface area contributed by atoms with Crippen LogP contribution < -0.4 is 5.69 Å². The fourth-order valence-corrected chi connectivity index (χ4v) is 2.56. The third-order valence-corrected chi connectivity index (χ3v) is 3.89. The second-order valence-corrected chi connectivity index (χ2v) is 5.56. The Morgan fingerprint density at radius 1 is 1.33 bits per heavy atom. The molecule has 21 heavy (non-hydrogen) atoms. The summed E-state index contributed by atoms with van der Waals surface area (Å²) in [6.07, 6.45) is 0. The van der Waals surface area contributed by atoms with Crippen molar-refractivity contribution in [3.63, 3.8) is 0 Å². The lowest BCUT2D eigenvalue weighted by molar-refractivity contribution is 0.0600.